The standard InChI is InChI=1S/C21H26FN5O/c22-18-6-2-1-5-17(18)13-24-21(28)16-7-11-26(12-8-16)19-14-23-15-25-20(19)27-9-3-4-10-27/h1-2,5-6,14-16H,3-4,7-13H2,(H,24,28). The average molecular weight is 383 g/mol. The van der Waals surface area contributed by atoms with Crippen molar-refractivity contribution in [2.75, 3.05) is 36.0 Å². The molecule has 0 atom stereocenters. The van der Waals surface area contributed by atoms with Gasteiger partial charge in [0.25, 0.3) is 0 Å². The van der Waals surface area contributed by atoms with Crippen LogP contribution in [-0.4, -0.2) is 42.1 Å². The molecule has 0 unspecified atom stereocenters. The molecule has 148 valence electrons. The molecular formula is C21H26FN5O. The summed E-state index contributed by atoms with van der Waals surface area (Å²) in [5, 5.41) is 2.89. The molecule has 6 nitrogen and oxygen atoms in total. The summed E-state index contributed by atoms with van der Waals surface area (Å²) in [5.41, 5.74) is 1.58. The van der Waals surface area contributed by atoms with E-state index in [9.17, 15) is 9.18 Å². The van der Waals surface area contributed by atoms with Gasteiger partial charge >= 0.3 is 0 Å². The number of carbonyl (C=O) groups is 1. The van der Waals surface area contributed by atoms with Crippen LogP contribution in [0.4, 0.5) is 15.9 Å². The number of hydrogen-bond acceptors (Lipinski definition) is 5. The van der Waals surface area contributed by atoms with Crippen molar-refractivity contribution in [2.24, 2.45) is 5.92 Å². The molecular weight excluding hydrogens is 357 g/mol. The van der Waals surface area contributed by atoms with Crippen molar-refractivity contribution in [1.29, 1.82) is 0 Å². The lowest BCUT2D eigenvalue weighted by molar-refractivity contribution is -0.125. The lowest BCUT2D eigenvalue weighted by Gasteiger charge is -2.34. The van der Waals surface area contributed by atoms with Crippen molar-refractivity contribution in [3.05, 3.63) is 48.2 Å². The summed E-state index contributed by atoms with van der Waals surface area (Å²) in [6.45, 7) is 3.91. The molecule has 3 heterocycles. The number of halogens is 1. The molecule has 4 rings (SSSR count). The van der Waals surface area contributed by atoms with Crippen LogP contribution in [0.2, 0.25) is 0 Å². The van der Waals surface area contributed by atoms with Crippen molar-refractivity contribution in [1.82, 2.24) is 15.3 Å². The minimum absolute atomic E-state index is 0.00646. The van der Waals surface area contributed by atoms with Gasteiger partial charge in [0, 0.05) is 44.2 Å². The summed E-state index contributed by atoms with van der Waals surface area (Å²) in [7, 11) is 0. The number of carbonyl (C=O) groups excluding carboxylic acids is 1. The summed E-state index contributed by atoms with van der Waals surface area (Å²) < 4.78 is 13.7. The first-order chi connectivity index (χ1) is 13.7. The van der Waals surface area contributed by atoms with Crippen molar-refractivity contribution >= 4 is 17.4 Å². The van der Waals surface area contributed by atoms with E-state index in [0.29, 0.717) is 5.56 Å². The molecule has 2 fully saturated rings. The van der Waals surface area contributed by atoms with Crippen LogP contribution in [0.5, 0.6) is 0 Å². The maximum Gasteiger partial charge on any atom is 0.223 e. The highest BCUT2D eigenvalue weighted by molar-refractivity contribution is 5.79. The summed E-state index contributed by atoms with van der Waals surface area (Å²) in [4.78, 5) is 25.9. The van der Waals surface area contributed by atoms with Gasteiger partial charge in [-0.05, 0) is 31.7 Å². The normalized spacial score (nSPS) is 17.8. The van der Waals surface area contributed by atoms with Crippen LogP contribution in [0.3, 0.4) is 0 Å². The molecule has 28 heavy (non-hydrogen) atoms. The molecule has 1 amide bonds. The zero-order valence-corrected chi connectivity index (χ0v) is 16.0. The van der Waals surface area contributed by atoms with Gasteiger partial charge in [-0.15, -0.1) is 0 Å². The third-order valence-electron chi connectivity index (χ3n) is 5.70. The predicted molar refractivity (Wildman–Crippen MR) is 107 cm³/mol. The smallest absolute Gasteiger partial charge is 0.223 e. The number of nitrogens with one attached hydrogen (secondary N) is 1. The zero-order valence-electron chi connectivity index (χ0n) is 16.0. The summed E-state index contributed by atoms with van der Waals surface area (Å²) in [5.74, 6) is 0.695. The minimum Gasteiger partial charge on any atom is -0.367 e. The van der Waals surface area contributed by atoms with Crippen LogP contribution in [0.1, 0.15) is 31.2 Å². The van der Waals surface area contributed by atoms with Gasteiger partial charge in [0.1, 0.15) is 12.1 Å². The minimum atomic E-state index is -0.281. The topological polar surface area (TPSA) is 61.4 Å². The fourth-order valence-electron chi connectivity index (χ4n) is 4.06. The van der Waals surface area contributed by atoms with Gasteiger partial charge in [0.05, 0.1) is 11.9 Å². The molecule has 2 aliphatic rings. The molecule has 1 aromatic heterocycles. The number of aromatic nitrogens is 2. The van der Waals surface area contributed by atoms with Crippen LogP contribution in [0.25, 0.3) is 0 Å². The van der Waals surface area contributed by atoms with Gasteiger partial charge in [-0.2, -0.15) is 0 Å². The van der Waals surface area contributed by atoms with Gasteiger partial charge < -0.3 is 15.1 Å². The Kier molecular flexibility index (Phi) is 5.69. The fourth-order valence-corrected chi connectivity index (χ4v) is 4.06. The number of hydrogen-bond donors (Lipinski definition) is 1. The number of nitrogens with zero attached hydrogens (tertiary/aromatic N) is 4. The first-order valence-electron chi connectivity index (χ1n) is 10.0. The third-order valence-corrected chi connectivity index (χ3v) is 5.70. The number of amides is 1. The maximum absolute atomic E-state index is 13.7. The lowest BCUT2D eigenvalue weighted by atomic mass is 9.95. The Morgan fingerprint density at radius 3 is 2.61 bits per heavy atom. The Labute approximate surface area is 164 Å². The van der Waals surface area contributed by atoms with E-state index in [4.69, 9.17) is 0 Å². The second-order valence-corrected chi connectivity index (χ2v) is 7.50. The van der Waals surface area contributed by atoms with Crippen molar-refractivity contribution in [2.45, 2.75) is 32.2 Å². The van der Waals surface area contributed by atoms with Gasteiger partial charge in [-0.3, -0.25) is 4.79 Å². The Balaban J connectivity index is 1.33. The Morgan fingerprint density at radius 1 is 1.11 bits per heavy atom. The van der Waals surface area contributed by atoms with Crippen LogP contribution >= 0.6 is 0 Å². The van der Waals surface area contributed by atoms with E-state index in [1.807, 2.05) is 6.20 Å². The van der Waals surface area contributed by atoms with Gasteiger partial charge in [-0.1, -0.05) is 18.2 Å². The molecule has 0 aliphatic carbocycles. The largest absolute Gasteiger partial charge is 0.367 e. The summed E-state index contributed by atoms with van der Waals surface area (Å²) in [6.07, 6.45) is 7.45. The molecule has 0 radical (unpaired) electrons. The van der Waals surface area contributed by atoms with Gasteiger partial charge in [0.15, 0.2) is 5.82 Å². The fraction of sp³-hybridized carbons (Fsp3) is 0.476. The Hall–Kier alpha value is -2.70. The van der Waals surface area contributed by atoms with Gasteiger partial charge in [0.2, 0.25) is 5.91 Å². The molecule has 0 spiro atoms. The second kappa shape index (κ2) is 8.54. The van der Waals surface area contributed by atoms with E-state index >= 15 is 0 Å². The second-order valence-electron chi connectivity index (χ2n) is 7.50. The van der Waals surface area contributed by atoms with E-state index in [1.165, 1.54) is 18.9 Å². The zero-order chi connectivity index (χ0) is 19.3. The van der Waals surface area contributed by atoms with E-state index < -0.39 is 0 Å². The van der Waals surface area contributed by atoms with Crippen molar-refractivity contribution in [3.8, 4) is 0 Å². The highest BCUT2D eigenvalue weighted by Gasteiger charge is 2.28. The van der Waals surface area contributed by atoms with E-state index in [1.54, 1.807) is 24.5 Å². The molecule has 0 saturated carbocycles. The predicted octanol–water partition coefficient (Wildman–Crippen LogP) is 2.75. The van der Waals surface area contributed by atoms with E-state index in [-0.39, 0.29) is 24.2 Å². The quantitative estimate of drug-likeness (QED) is 0.860. The average Bonchev–Trinajstić information content (AvgIpc) is 3.28. The molecule has 2 saturated heterocycles. The molecule has 2 aliphatic heterocycles. The van der Waals surface area contributed by atoms with Crippen LogP contribution < -0.4 is 15.1 Å². The monoisotopic (exact) mass is 383 g/mol. The first kappa shape index (κ1) is 18.7. The SMILES string of the molecule is O=C(NCc1ccccc1F)C1CCN(c2cncnc2N2CCCC2)CC1. The number of piperidine rings is 1. The highest BCUT2D eigenvalue weighted by atomic mass is 19.1. The lowest BCUT2D eigenvalue weighted by Crippen LogP contribution is -2.41. The van der Waals surface area contributed by atoms with Crippen LogP contribution in [0, 0.1) is 11.7 Å². The first-order valence-corrected chi connectivity index (χ1v) is 10.0. The van der Waals surface area contributed by atoms with Crippen LogP contribution in [-0.2, 0) is 11.3 Å². The number of anilines is 2. The summed E-state index contributed by atoms with van der Waals surface area (Å²) >= 11 is 0. The van der Waals surface area contributed by atoms with Crippen LogP contribution in [0.15, 0.2) is 36.8 Å². The Morgan fingerprint density at radius 2 is 1.86 bits per heavy atom. The van der Waals surface area contributed by atoms with Gasteiger partial charge in [-0.25, -0.2) is 14.4 Å². The summed E-state index contributed by atoms with van der Waals surface area (Å²) in [6, 6.07) is 6.55. The maximum atomic E-state index is 13.7. The third kappa shape index (κ3) is 4.08. The molecule has 1 N–H and O–H groups in total. The molecule has 0 bridgehead atoms. The highest BCUT2D eigenvalue weighted by Crippen LogP contribution is 2.31. The van der Waals surface area contributed by atoms with Crippen molar-refractivity contribution < 1.29 is 9.18 Å². The molecule has 7 heteroatoms. The van der Waals surface area contributed by atoms with E-state index in [2.05, 4.69) is 25.1 Å². The van der Waals surface area contributed by atoms with Crippen molar-refractivity contribution in [3.63, 3.8) is 0 Å². The number of rotatable bonds is 5. The number of benzene rings is 1. The Bertz CT molecular complexity index is 816. The molecule has 1 aromatic carbocycles. The molecule has 2 aromatic rings. The van der Waals surface area contributed by atoms with E-state index in [0.717, 1.165) is 50.5 Å².